The van der Waals surface area contributed by atoms with Crippen LogP contribution in [0.2, 0.25) is 0 Å². The number of aromatic nitrogens is 3. The zero-order chi connectivity index (χ0) is 28.0. The van der Waals surface area contributed by atoms with Crippen LogP contribution in [0.3, 0.4) is 0 Å². The summed E-state index contributed by atoms with van der Waals surface area (Å²) in [6.07, 6.45) is 5.22. The highest BCUT2D eigenvalue weighted by atomic mass is 16.3. The van der Waals surface area contributed by atoms with Crippen LogP contribution in [0, 0.1) is 5.92 Å². The summed E-state index contributed by atoms with van der Waals surface area (Å²) in [6.45, 7) is 8.27. The lowest BCUT2D eigenvalue weighted by Crippen LogP contribution is -2.65. The molecule has 0 bridgehead atoms. The van der Waals surface area contributed by atoms with Crippen molar-refractivity contribution in [1.82, 2.24) is 35.4 Å². The molecular formula is C27H35N7O5. The van der Waals surface area contributed by atoms with Gasteiger partial charge in [-0.15, -0.1) is 0 Å². The van der Waals surface area contributed by atoms with E-state index in [1.165, 1.54) is 6.08 Å². The molecule has 12 nitrogen and oxygen atoms in total. The first-order valence-electron chi connectivity index (χ1n) is 13.5. The fourth-order valence-corrected chi connectivity index (χ4v) is 5.24. The summed E-state index contributed by atoms with van der Waals surface area (Å²) < 4.78 is 0. The number of ketones is 1. The Hall–Kier alpha value is -3.80. The van der Waals surface area contributed by atoms with Gasteiger partial charge >= 0.3 is 0 Å². The Bertz CT molecular complexity index is 1350. The fraction of sp³-hybridized carbons (Fsp3) is 0.556. The molecule has 3 atom stereocenters. The summed E-state index contributed by atoms with van der Waals surface area (Å²) in [4.78, 5) is 67.3. The van der Waals surface area contributed by atoms with Gasteiger partial charge in [-0.2, -0.15) is 0 Å². The van der Waals surface area contributed by atoms with Gasteiger partial charge in [-0.1, -0.05) is 13.8 Å². The number of nitrogens with zero attached hydrogens (tertiary/aromatic N) is 4. The third-order valence-electron chi connectivity index (χ3n) is 7.66. The Kier molecular flexibility index (Phi) is 7.15. The molecule has 1 saturated heterocycles. The van der Waals surface area contributed by atoms with Crippen LogP contribution in [0.4, 0.5) is 0 Å². The molecule has 0 spiro atoms. The van der Waals surface area contributed by atoms with E-state index in [1.54, 1.807) is 22.2 Å². The summed E-state index contributed by atoms with van der Waals surface area (Å²) in [5.41, 5.74) is 2.61. The van der Waals surface area contributed by atoms with Crippen molar-refractivity contribution in [2.24, 2.45) is 5.92 Å². The number of H-pyrrole nitrogens is 1. The molecular weight excluding hydrogens is 502 g/mol. The molecule has 5 rings (SSSR count). The average Bonchev–Trinajstić information content (AvgIpc) is 3.66. The maximum absolute atomic E-state index is 13.2. The van der Waals surface area contributed by atoms with Crippen molar-refractivity contribution >= 4 is 34.7 Å². The molecule has 39 heavy (non-hydrogen) atoms. The van der Waals surface area contributed by atoms with Crippen LogP contribution in [0.1, 0.15) is 62.5 Å². The van der Waals surface area contributed by atoms with Crippen LogP contribution in [-0.4, -0.2) is 97.2 Å². The maximum atomic E-state index is 13.2. The van der Waals surface area contributed by atoms with Gasteiger partial charge in [-0.05, 0) is 32.6 Å². The molecule has 4 N–H and O–H groups in total. The van der Waals surface area contributed by atoms with Gasteiger partial charge in [0.2, 0.25) is 11.8 Å². The summed E-state index contributed by atoms with van der Waals surface area (Å²) in [6, 6.07) is -1.94. The van der Waals surface area contributed by atoms with Crippen molar-refractivity contribution < 1.29 is 24.3 Å². The summed E-state index contributed by atoms with van der Waals surface area (Å²) >= 11 is 0. The number of aliphatic hydroxyl groups is 1. The number of nitrogens with one attached hydrogen (secondary N) is 3. The summed E-state index contributed by atoms with van der Waals surface area (Å²) in [5.74, 6) is -1.60. The number of hydrogen-bond donors (Lipinski definition) is 4. The van der Waals surface area contributed by atoms with Crippen molar-refractivity contribution in [3.05, 3.63) is 35.4 Å². The maximum Gasteiger partial charge on any atom is 0.255 e. The molecule has 208 valence electrons. The first-order valence-corrected chi connectivity index (χ1v) is 13.5. The highest BCUT2D eigenvalue weighted by Gasteiger charge is 2.46. The second kappa shape index (κ2) is 10.4. The molecule has 2 fully saturated rings. The van der Waals surface area contributed by atoms with E-state index in [-0.39, 0.29) is 24.4 Å². The van der Waals surface area contributed by atoms with E-state index in [9.17, 15) is 24.3 Å². The molecule has 3 aliphatic rings. The van der Waals surface area contributed by atoms with Crippen molar-refractivity contribution in [3.8, 4) is 0 Å². The van der Waals surface area contributed by atoms with Gasteiger partial charge in [0, 0.05) is 43.0 Å². The molecule has 4 heterocycles. The van der Waals surface area contributed by atoms with Crippen molar-refractivity contribution in [2.45, 2.75) is 70.7 Å². The van der Waals surface area contributed by atoms with Gasteiger partial charge in [0.15, 0.2) is 11.4 Å². The minimum absolute atomic E-state index is 0.0227. The van der Waals surface area contributed by atoms with E-state index in [0.717, 1.165) is 18.5 Å². The summed E-state index contributed by atoms with van der Waals surface area (Å²) in [7, 11) is 0. The van der Waals surface area contributed by atoms with Gasteiger partial charge in [-0.25, -0.2) is 9.97 Å². The van der Waals surface area contributed by atoms with Crippen LogP contribution in [0.15, 0.2) is 24.2 Å². The SMILES string of the molecule is CC(C)[C@H](NC(=O)c1c[nH]c2ncc(C3CC3)nc12)C(=O)NCC1=CC(=O)C(O)C2C(=O)N(C(C)C)CCN12. The molecule has 0 aromatic carbocycles. The second-order valence-corrected chi connectivity index (χ2v) is 11.1. The van der Waals surface area contributed by atoms with Gasteiger partial charge in [0.05, 0.1) is 24.0 Å². The molecule has 2 aromatic rings. The third kappa shape index (κ3) is 5.12. The highest BCUT2D eigenvalue weighted by molar-refractivity contribution is 6.06. The van der Waals surface area contributed by atoms with Gasteiger partial charge in [0.1, 0.15) is 23.7 Å². The quantitative estimate of drug-likeness (QED) is 0.378. The Morgan fingerprint density at radius 2 is 1.92 bits per heavy atom. The number of rotatable bonds is 8. The van der Waals surface area contributed by atoms with E-state index < -0.39 is 35.8 Å². The zero-order valence-corrected chi connectivity index (χ0v) is 22.6. The lowest BCUT2D eigenvalue weighted by molar-refractivity contribution is -0.152. The minimum atomic E-state index is -1.46. The number of amides is 3. The summed E-state index contributed by atoms with van der Waals surface area (Å²) in [5, 5.41) is 16.1. The zero-order valence-electron chi connectivity index (χ0n) is 22.6. The minimum Gasteiger partial charge on any atom is -0.382 e. The molecule has 0 radical (unpaired) electrons. The smallest absolute Gasteiger partial charge is 0.255 e. The lowest BCUT2D eigenvalue weighted by atomic mass is 9.94. The Labute approximate surface area is 226 Å². The molecule has 2 aromatic heterocycles. The average molecular weight is 538 g/mol. The number of fused-ring (bicyclic) bond motifs is 2. The molecule has 3 amide bonds. The number of aromatic amines is 1. The molecule has 2 aliphatic heterocycles. The Balaban J connectivity index is 1.28. The first kappa shape index (κ1) is 26.8. The van der Waals surface area contributed by atoms with E-state index in [1.807, 2.05) is 27.7 Å². The van der Waals surface area contributed by atoms with Gasteiger partial charge in [-0.3, -0.25) is 19.2 Å². The van der Waals surface area contributed by atoms with Gasteiger partial charge in [0.25, 0.3) is 5.91 Å². The number of aliphatic hydroxyl groups excluding tert-OH is 1. The first-order chi connectivity index (χ1) is 18.6. The van der Waals surface area contributed by atoms with Crippen LogP contribution < -0.4 is 10.6 Å². The molecule has 1 saturated carbocycles. The number of carbonyl (C=O) groups is 4. The lowest BCUT2D eigenvalue weighted by Gasteiger charge is -2.47. The molecule has 12 heteroatoms. The largest absolute Gasteiger partial charge is 0.382 e. The van der Waals surface area contributed by atoms with Gasteiger partial charge < -0.3 is 30.5 Å². The normalized spacial score (nSPS) is 22.3. The van der Waals surface area contributed by atoms with E-state index in [2.05, 4.69) is 25.6 Å². The number of carbonyl (C=O) groups excluding carboxylic acids is 4. The highest BCUT2D eigenvalue weighted by Crippen LogP contribution is 2.39. The van der Waals surface area contributed by atoms with E-state index in [4.69, 9.17) is 0 Å². The standard InChI is InChI=1S/C27H35N7O5/c1-13(2)20(32-25(37)17-11-28-24-21(17)31-18(12-29-24)15-5-6-15)26(38)30-10-16-9-19(35)23(36)22-27(39)33(14(3)4)7-8-34(16)22/h9,11-15,20,22-23,36H,5-8,10H2,1-4H3,(H,28,29)(H,30,38)(H,32,37)/t20-,22?,23?/m0/s1. The van der Waals surface area contributed by atoms with Crippen molar-refractivity contribution in [3.63, 3.8) is 0 Å². The third-order valence-corrected chi connectivity index (χ3v) is 7.66. The monoisotopic (exact) mass is 537 g/mol. The van der Waals surface area contributed by atoms with E-state index in [0.29, 0.717) is 41.4 Å². The van der Waals surface area contributed by atoms with Crippen LogP contribution >= 0.6 is 0 Å². The van der Waals surface area contributed by atoms with Crippen LogP contribution in [0.5, 0.6) is 0 Å². The second-order valence-electron chi connectivity index (χ2n) is 11.1. The molecule has 1 aliphatic carbocycles. The topological polar surface area (TPSA) is 161 Å². The van der Waals surface area contributed by atoms with Crippen molar-refractivity contribution in [1.29, 1.82) is 0 Å². The number of hydrogen-bond acceptors (Lipinski definition) is 8. The van der Waals surface area contributed by atoms with E-state index >= 15 is 0 Å². The Morgan fingerprint density at radius 3 is 2.59 bits per heavy atom. The van der Waals surface area contributed by atoms with Crippen LogP contribution in [0.25, 0.3) is 11.2 Å². The fourth-order valence-electron chi connectivity index (χ4n) is 5.24. The number of piperazine rings is 1. The van der Waals surface area contributed by atoms with Crippen molar-refractivity contribution in [2.75, 3.05) is 19.6 Å². The molecule has 2 unspecified atom stereocenters. The Morgan fingerprint density at radius 1 is 1.18 bits per heavy atom. The predicted octanol–water partition coefficient (Wildman–Crippen LogP) is 0.455. The van der Waals surface area contributed by atoms with Crippen LogP contribution in [-0.2, 0) is 14.4 Å². The predicted molar refractivity (Wildman–Crippen MR) is 141 cm³/mol.